The molecule has 2 aromatic carbocycles. The van der Waals surface area contributed by atoms with Crippen molar-refractivity contribution in [3.8, 4) is 35.2 Å². The maximum Gasteiger partial charge on any atom is 0.119 e. The summed E-state index contributed by atoms with van der Waals surface area (Å²) in [5.74, 6) is 14.8. The van der Waals surface area contributed by atoms with E-state index in [0.717, 1.165) is 80.5 Å². The third-order valence-electron chi connectivity index (χ3n) is 5.46. The standard InChI is InChI=1S/C32H40N2O2S.2HI/c1-33(2,3)23-7-25-35-29-15-9-27(10-16-29)13-19-31-21-22-32(37-31)20-14-28-11-17-30(18-12-28)36-26-8-24-34(4,5)6;;/h9-12,15-18,21-22H,7-8,23-26H2,1-6H3;2*1H/q+2;;/p-2. The van der Waals surface area contributed by atoms with Gasteiger partial charge in [0.2, 0.25) is 0 Å². The topological polar surface area (TPSA) is 18.5 Å². The van der Waals surface area contributed by atoms with E-state index in [-0.39, 0.29) is 48.0 Å². The Kier molecular flexibility index (Phi) is 15.5. The Balaban J connectivity index is 0.00000380. The molecule has 0 spiro atoms. The monoisotopic (exact) mass is 770 g/mol. The quantitative estimate of drug-likeness (QED) is 0.120. The Bertz CT molecular complexity index is 1150. The molecule has 0 amide bonds. The number of thiophene rings is 1. The number of ether oxygens (including phenoxy) is 2. The fraction of sp³-hybridized carbons (Fsp3) is 0.375. The lowest BCUT2D eigenvalue weighted by atomic mass is 10.2. The number of hydrogen-bond donors (Lipinski definition) is 0. The summed E-state index contributed by atoms with van der Waals surface area (Å²) in [5, 5.41) is 0. The van der Waals surface area contributed by atoms with Crippen molar-refractivity contribution in [2.45, 2.75) is 12.8 Å². The van der Waals surface area contributed by atoms with Crippen molar-refractivity contribution in [2.24, 2.45) is 0 Å². The normalized spacial score (nSPS) is 10.6. The molecule has 3 rings (SSSR count). The van der Waals surface area contributed by atoms with Crippen LogP contribution in [0.25, 0.3) is 0 Å². The van der Waals surface area contributed by atoms with E-state index in [1.165, 1.54) is 0 Å². The van der Waals surface area contributed by atoms with E-state index in [1.54, 1.807) is 11.3 Å². The highest BCUT2D eigenvalue weighted by molar-refractivity contribution is 7.13. The first-order chi connectivity index (χ1) is 17.6. The third-order valence-corrected chi connectivity index (χ3v) is 6.37. The van der Waals surface area contributed by atoms with Gasteiger partial charge in [-0.1, -0.05) is 23.7 Å². The molecule has 0 aliphatic rings. The zero-order valence-corrected chi connectivity index (χ0v) is 29.0. The average molecular weight is 771 g/mol. The molecular formula is C32H40I2N2O2S. The summed E-state index contributed by atoms with van der Waals surface area (Å²) in [5.41, 5.74) is 1.94. The second-order valence-corrected chi connectivity index (χ2v) is 12.2. The minimum Gasteiger partial charge on any atom is -1.00 e. The van der Waals surface area contributed by atoms with Crippen LogP contribution in [0.4, 0.5) is 0 Å². The molecule has 0 bridgehead atoms. The van der Waals surface area contributed by atoms with Gasteiger partial charge in [0.25, 0.3) is 0 Å². The summed E-state index contributed by atoms with van der Waals surface area (Å²) >= 11 is 1.61. The molecule has 0 aliphatic carbocycles. The predicted molar refractivity (Wildman–Crippen MR) is 155 cm³/mol. The summed E-state index contributed by atoms with van der Waals surface area (Å²) < 4.78 is 13.6. The van der Waals surface area contributed by atoms with Gasteiger partial charge in [0.15, 0.2) is 0 Å². The van der Waals surface area contributed by atoms with E-state index in [4.69, 9.17) is 9.47 Å². The zero-order chi connectivity index (χ0) is 26.7. The Morgan fingerprint density at radius 2 is 0.897 bits per heavy atom. The van der Waals surface area contributed by atoms with E-state index in [1.807, 2.05) is 60.7 Å². The first-order valence-corrected chi connectivity index (χ1v) is 13.6. The van der Waals surface area contributed by atoms with Crippen LogP contribution < -0.4 is 57.4 Å². The largest absolute Gasteiger partial charge is 1.00 e. The van der Waals surface area contributed by atoms with Gasteiger partial charge in [-0.05, 0) is 60.7 Å². The van der Waals surface area contributed by atoms with Gasteiger partial charge in [-0.15, -0.1) is 11.3 Å². The van der Waals surface area contributed by atoms with Gasteiger partial charge in [-0.3, -0.25) is 0 Å². The van der Waals surface area contributed by atoms with Crippen molar-refractivity contribution < 1.29 is 66.4 Å². The average Bonchev–Trinajstić information content (AvgIpc) is 3.30. The van der Waals surface area contributed by atoms with Crippen LogP contribution in [0.2, 0.25) is 0 Å². The highest BCUT2D eigenvalue weighted by atomic mass is 127. The van der Waals surface area contributed by atoms with Crippen molar-refractivity contribution in [1.29, 1.82) is 0 Å². The molecule has 0 aliphatic heterocycles. The first kappa shape index (κ1) is 35.3. The van der Waals surface area contributed by atoms with Crippen LogP contribution in [0.15, 0.2) is 60.7 Å². The van der Waals surface area contributed by atoms with E-state index in [9.17, 15) is 0 Å². The second kappa shape index (κ2) is 17.1. The molecule has 0 unspecified atom stereocenters. The predicted octanol–water partition coefficient (Wildman–Crippen LogP) is -0.494. The molecule has 3 aromatic rings. The third kappa shape index (κ3) is 15.0. The lowest BCUT2D eigenvalue weighted by Gasteiger charge is -2.23. The number of benzene rings is 2. The molecule has 7 heteroatoms. The number of rotatable bonds is 10. The van der Waals surface area contributed by atoms with Crippen molar-refractivity contribution in [2.75, 3.05) is 68.6 Å². The molecule has 210 valence electrons. The highest BCUT2D eigenvalue weighted by Crippen LogP contribution is 2.17. The van der Waals surface area contributed by atoms with E-state index < -0.39 is 0 Å². The Morgan fingerprint density at radius 1 is 0.538 bits per heavy atom. The number of hydrogen-bond acceptors (Lipinski definition) is 3. The Hall–Kier alpha value is -1.76. The second-order valence-electron chi connectivity index (χ2n) is 11.1. The Labute approximate surface area is 273 Å². The molecule has 39 heavy (non-hydrogen) atoms. The maximum atomic E-state index is 5.85. The summed E-state index contributed by atoms with van der Waals surface area (Å²) in [4.78, 5) is 2.00. The van der Waals surface area contributed by atoms with E-state index in [0.29, 0.717) is 0 Å². The van der Waals surface area contributed by atoms with Gasteiger partial charge >= 0.3 is 0 Å². The van der Waals surface area contributed by atoms with Crippen LogP contribution in [0.1, 0.15) is 33.7 Å². The Morgan fingerprint density at radius 3 is 1.23 bits per heavy atom. The first-order valence-electron chi connectivity index (χ1n) is 12.8. The summed E-state index contributed by atoms with van der Waals surface area (Å²) in [6, 6.07) is 20.0. The van der Waals surface area contributed by atoms with E-state index >= 15 is 0 Å². The molecule has 0 atom stereocenters. The molecule has 1 heterocycles. The van der Waals surface area contributed by atoms with Gasteiger partial charge in [0, 0.05) is 24.0 Å². The minimum absolute atomic E-state index is 0. The van der Waals surface area contributed by atoms with Crippen LogP contribution in [0.3, 0.4) is 0 Å². The van der Waals surface area contributed by atoms with Gasteiger partial charge in [0.05, 0.1) is 78.3 Å². The van der Waals surface area contributed by atoms with Gasteiger partial charge in [-0.2, -0.15) is 0 Å². The smallest absolute Gasteiger partial charge is 0.119 e. The van der Waals surface area contributed by atoms with Crippen molar-refractivity contribution in [3.63, 3.8) is 0 Å². The van der Waals surface area contributed by atoms with Crippen molar-refractivity contribution >= 4 is 11.3 Å². The zero-order valence-electron chi connectivity index (χ0n) is 23.9. The summed E-state index contributed by atoms with van der Waals surface area (Å²) in [7, 11) is 13.2. The van der Waals surface area contributed by atoms with Crippen molar-refractivity contribution in [3.05, 3.63) is 81.5 Å². The van der Waals surface area contributed by atoms with Gasteiger partial charge < -0.3 is 66.4 Å². The van der Waals surface area contributed by atoms with Crippen LogP contribution in [0, 0.1) is 23.7 Å². The lowest BCUT2D eigenvalue weighted by Crippen LogP contribution is -3.00. The number of halogens is 2. The maximum absolute atomic E-state index is 5.85. The van der Waals surface area contributed by atoms with E-state index in [2.05, 4.69) is 66.0 Å². The molecule has 0 saturated carbocycles. The number of quaternary nitrogens is 2. The summed E-state index contributed by atoms with van der Waals surface area (Å²) in [6.07, 6.45) is 2.07. The fourth-order valence-corrected chi connectivity index (χ4v) is 4.18. The van der Waals surface area contributed by atoms with Gasteiger partial charge in [-0.25, -0.2) is 0 Å². The fourth-order valence-electron chi connectivity index (χ4n) is 3.47. The molecule has 1 aromatic heterocycles. The lowest BCUT2D eigenvalue weighted by molar-refractivity contribution is -0.870. The minimum atomic E-state index is 0. The van der Waals surface area contributed by atoms with Gasteiger partial charge in [0.1, 0.15) is 11.5 Å². The van der Waals surface area contributed by atoms with Crippen LogP contribution in [0.5, 0.6) is 11.5 Å². The number of nitrogens with zero attached hydrogens (tertiary/aromatic N) is 2. The van der Waals surface area contributed by atoms with Crippen LogP contribution in [-0.2, 0) is 0 Å². The summed E-state index contributed by atoms with van der Waals surface area (Å²) in [6.45, 7) is 3.65. The molecule has 0 saturated heterocycles. The van der Waals surface area contributed by atoms with Crippen LogP contribution >= 0.6 is 11.3 Å². The molecule has 0 fully saturated rings. The SMILES string of the molecule is C[N+](C)(C)CCCOc1ccc(C#Cc2ccc(C#Cc3ccc(OCCC[N+](C)(C)C)cc3)s2)cc1.[I-].[I-]. The highest BCUT2D eigenvalue weighted by Gasteiger charge is 2.07. The molecular weight excluding hydrogens is 730 g/mol. The van der Waals surface area contributed by atoms with Crippen LogP contribution in [-0.4, -0.2) is 77.6 Å². The molecule has 4 nitrogen and oxygen atoms in total. The molecule has 0 N–H and O–H groups in total. The van der Waals surface area contributed by atoms with Crippen molar-refractivity contribution in [1.82, 2.24) is 0 Å². The molecule has 0 radical (unpaired) electrons.